The molecule has 131 heavy (non-hydrogen) atoms. The van der Waals surface area contributed by atoms with Crippen molar-refractivity contribution in [2.75, 3.05) is 9.80 Å². The van der Waals surface area contributed by atoms with Crippen LogP contribution < -0.4 is 32.5 Å². The van der Waals surface area contributed by atoms with Crippen LogP contribution in [0.3, 0.4) is 0 Å². The molecule has 0 bridgehead atoms. The van der Waals surface area contributed by atoms with Gasteiger partial charge in [0.15, 0.2) is 0 Å². The Labute approximate surface area is 785 Å². The molecular formula is C125H112GeN2Si2Sn. The van der Waals surface area contributed by atoms with E-state index in [1.807, 2.05) is 0 Å². The summed E-state index contributed by atoms with van der Waals surface area (Å²) in [5, 5.41) is 2.97. The number of anilines is 6. The van der Waals surface area contributed by atoms with Gasteiger partial charge >= 0.3 is 312 Å². The van der Waals surface area contributed by atoms with Gasteiger partial charge < -0.3 is 0 Å². The van der Waals surface area contributed by atoms with E-state index < -0.39 is 47.8 Å². The van der Waals surface area contributed by atoms with Gasteiger partial charge in [-0.2, -0.15) is 0 Å². The number of nitrogens with zero attached hydrogens (tertiary/aromatic N) is 2. The van der Waals surface area contributed by atoms with Crippen molar-refractivity contribution in [3.05, 3.63) is 479 Å². The molecule has 0 saturated carbocycles. The molecule has 0 amide bonds. The van der Waals surface area contributed by atoms with Crippen molar-refractivity contribution >= 4 is 105 Å². The van der Waals surface area contributed by atoms with Gasteiger partial charge in [0, 0.05) is 22.7 Å². The summed E-state index contributed by atoms with van der Waals surface area (Å²) >= 11 is -4.50. The molecule has 0 radical (unpaired) electrons. The first-order valence-corrected chi connectivity index (χ1v) is 69.2. The van der Waals surface area contributed by atoms with Crippen molar-refractivity contribution in [1.82, 2.24) is 0 Å². The maximum Gasteiger partial charge on any atom is -0.0374 e. The summed E-state index contributed by atoms with van der Waals surface area (Å²) in [6.07, 6.45) is 0. The fourth-order valence-corrected chi connectivity index (χ4v) is 28.4. The summed E-state index contributed by atoms with van der Waals surface area (Å²) in [6.45, 7) is 14.4. The Bertz CT molecular complexity index is 6960. The van der Waals surface area contributed by atoms with Gasteiger partial charge in [-0.3, -0.25) is 0 Å². The van der Waals surface area contributed by atoms with Crippen LogP contribution in [0.1, 0.15) is 0 Å². The maximum absolute atomic E-state index is 2.49. The van der Waals surface area contributed by atoms with E-state index in [0.717, 1.165) is 34.1 Å². The van der Waals surface area contributed by atoms with E-state index in [9.17, 15) is 0 Å². The van der Waals surface area contributed by atoms with Gasteiger partial charge in [0.25, 0.3) is 0 Å². The number of hydrogen-bond acceptors (Lipinski definition) is 2. The van der Waals surface area contributed by atoms with E-state index >= 15 is 0 Å². The van der Waals surface area contributed by atoms with Crippen LogP contribution in [-0.4, -0.2) is 47.8 Å². The van der Waals surface area contributed by atoms with E-state index in [2.05, 4.69) is 555 Å². The van der Waals surface area contributed by atoms with E-state index in [1.165, 1.54) is 153 Å². The van der Waals surface area contributed by atoms with Gasteiger partial charge in [-0.15, -0.1) is 0 Å². The molecule has 0 unspecified atom stereocenters. The number of hydrogen-bond donors (Lipinski definition) is 0. The predicted molar refractivity (Wildman–Crippen MR) is 580 cm³/mol. The minimum atomic E-state index is -2.38. The first-order valence-electron chi connectivity index (χ1n) is 46.0. The zero-order chi connectivity index (χ0) is 90.2. The van der Waals surface area contributed by atoms with Crippen molar-refractivity contribution in [2.45, 2.75) is 65.6 Å². The second-order valence-electron chi connectivity index (χ2n) is 38.2. The monoisotopic (exact) mass is 1890 g/mol. The van der Waals surface area contributed by atoms with Crippen molar-refractivity contribution in [3.63, 3.8) is 0 Å². The molecule has 0 aliphatic rings. The topological polar surface area (TPSA) is 6.48 Å². The molecule has 0 fully saturated rings. The quantitative estimate of drug-likeness (QED) is 0.0589. The Morgan fingerprint density at radius 2 is 0.328 bits per heavy atom. The third-order valence-corrected chi connectivity index (χ3v) is 43.3. The van der Waals surface area contributed by atoms with E-state index in [1.54, 1.807) is 3.58 Å². The molecule has 0 atom stereocenters. The van der Waals surface area contributed by atoms with Crippen LogP contribution in [0, 0.1) is 0 Å². The van der Waals surface area contributed by atoms with Crippen LogP contribution in [0.25, 0.3) is 134 Å². The first-order chi connectivity index (χ1) is 63.5. The SMILES string of the molecule is C[Si](C)(C)c1ccc(-c2cccc(-c3ccc(N(c4ccc(-c5cccc(-c6ccccc6)c5)cc4)c4ccc(-c5cccc(-c6cc[c]([Ge]([CH3])([CH3])[c]7ccccc7)cc6)c5)cc4)cc3)c2)cc1.C[Si](C)(C)c1ccc(-c2cccc(-c3ccc(N(c4ccc(-c5cccc(-c6ccccc6)c5)cc4)c4ccc(-c5cccc(-c6cc[c]([Sn]([CH3])([CH3])[CH3])cc6)c5)cc4)cc3)c2)cc1. The third-order valence-electron chi connectivity index (χ3n) is 25.8. The molecule has 19 aromatic rings. The van der Waals surface area contributed by atoms with Crippen molar-refractivity contribution in [2.24, 2.45) is 0 Å². The molecule has 0 aromatic heterocycles. The molecule has 0 heterocycles. The van der Waals surface area contributed by atoms with E-state index in [0.29, 0.717) is 0 Å². The van der Waals surface area contributed by atoms with E-state index in [-0.39, 0.29) is 0 Å². The fourth-order valence-electron chi connectivity index (χ4n) is 17.8. The number of benzene rings is 19. The molecule has 0 N–H and O–H groups in total. The second-order valence-corrected chi connectivity index (χ2v) is 72.1. The summed E-state index contributed by atoms with van der Waals surface area (Å²) in [4.78, 5) is 12.2. The van der Waals surface area contributed by atoms with Crippen LogP contribution in [0.4, 0.5) is 34.1 Å². The predicted octanol–water partition coefficient (Wildman–Crippen LogP) is 32.8. The summed E-state index contributed by atoms with van der Waals surface area (Å²) < 4.78 is 4.55. The molecule has 19 rings (SSSR count). The van der Waals surface area contributed by atoms with Gasteiger partial charge in [0.05, 0.1) is 16.1 Å². The zero-order valence-corrected chi connectivity index (χ0v) is 84.0. The Hall–Kier alpha value is -13.4. The van der Waals surface area contributed by atoms with Gasteiger partial charge in [-0.05, 0) is 162 Å². The van der Waals surface area contributed by atoms with Gasteiger partial charge in [0.2, 0.25) is 0 Å². The molecule has 2 nitrogen and oxygen atoms in total. The summed E-state index contributed by atoms with van der Waals surface area (Å²) in [5.41, 5.74) is 35.8. The Balaban J connectivity index is 0.000000177. The molecule has 6 heteroatoms. The molecular weight excluding hydrogens is 1780 g/mol. The molecule has 19 aromatic carbocycles. The average molecular weight is 1890 g/mol. The number of rotatable bonds is 23. The summed E-state index contributed by atoms with van der Waals surface area (Å²) in [7, 11) is -2.73. The smallest absolute Gasteiger partial charge is 0.0374 e. The van der Waals surface area contributed by atoms with Crippen LogP contribution in [0.2, 0.25) is 65.6 Å². The Morgan fingerprint density at radius 3 is 0.527 bits per heavy atom. The third kappa shape index (κ3) is 20.6. The van der Waals surface area contributed by atoms with Crippen molar-refractivity contribution < 1.29 is 0 Å². The molecule has 0 saturated heterocycles. The van der Waals surface area contributed by atoms with Gasteiger partial charge in [0.1, 0.15) is 0 Å². The standard InChI is InChI=1S/C65H57GeNSi.C57H46NSi.3CH3.Sn/c1-66(2,60-23-10-7-11-24-60)61-35-25-49(26-36-61)55-18-13-20-57(46-55)51-29-39-63(40-30-51)67(62-37-27-50(28-38-62)56-19-12-17-54(45-56)48-15-8-6-9-16-48)64-41-31-52(32-42-64)58-21-14-22-59(47-58)53-33-43-65(44-34-53)68(3,4)5;1-59(2,3)57-37-29-47(30-38-57)53-22-12-21-52(41-53)46-27-35-56(36-28-46)58(54-31-23-44(24-32-54)50-19-10-17-48(39-50)42-13-6-4-7-14-42)55-33-25-45(26-34-55)51-20-11-18-49(40-51)43-15-8-5-9-16-43;;;;/h6-47H,1-5H3;4,6-41H,1-3H3;3*1H3;. The summed E-state index contributed by atoms with van der Waals surface area (Å²) in [6, 6.07) is 177. The zero-order valence-electron chi connectivity index (χ0n) is 77.0. The maximum atomic E-state index is 2.49. The first kappa shape index (κ1) is 88.2. The van der Waals surface area contributed by atoms with Crippen LogP contribution >= 0.6 is 0 Å². The Morgan fingerprint density at radius 1 is 0.168 bits per heavy atom. The fraction of sp³-hybridized carbons (Fsp3) is 0.0880. The van der Waals surface area contributed by atoms with Crippen LogP contribution in [-0.2, 0) is 0 Å². The summed E-state index contributed by atoms with van der Waals surface area (Å²) in [5.74, 6) is 4.97. The van der Waals surface area contributed by atoms with Crippen LogP contribution in [0.15, 0.2) is 479 Å². The minimum absolute atomic E-state index is 1.10. The Kier molecular flexibility index (Phi) is 26.1. The molecule has 0 aliphatic carbocycles. The molecule has 638 valence electrons. The van der Waals surface area contributed by atoms with Gasteiger partial charge in [-0.25, -0.2) is 0 Å². The van der Waals surface area contributed by atoms with Crippen molar-refractivity contribution in [1.29, 1.82) is 0 Å². The normalized spacial score (nSPS) is 11.6. The molecule has 0 aliphatic heterocycles. The second kappa shape index (κ2) is 38.7. The van der Waals surface area contributed by atoms with Gasteiger partial charge in [-0.1, -0.05) is 280 Å². The largest absolute Gasteiger partial charge is 0.0624 e. The minimum Gasteiger partial charge on any atom is -0.0624 e. The average Bonchev–Trinajstić information content (AvgIpc) is 0.790. The van der Waals surface area contributed by atoms with E-state index in [4.69, 9.17) is 0 Å². The van der Waals surface area contributed by atoms with Crippen molar-refractivity contribution in [3.8, 4) is 134 Å². The van der Waals surface area contributed by atoms with Crippen LogP contribution in [0.5, 0.6) is 0 Å². The molecule has 0 spiro atoms.